The molecule has 0 atom stereocenters. The Morgan fingerprint density at radius 3 is 2.92 bits per heavy atom. The summed E-state index contributed by atoms with van der Waals surface area (Å²) in [4.78, 5) is 10.6. The summed E-state index contributed by atoms with van der Waals surface area (Å²) in [6.45, 7) is 2.65. The van der Waals surface area contributed by atoms with Gasteiger partial charge in [0.1, 0.15) is 5.75 Å². The normalized spacial score (nSPS) is 9.69. The smallest absolute Gasteiger partial charge is 0.153 e. The number of benzene rings is 1. The van der Waals surface area contributed by atoms with Gasteiger partial charge in [0.15, 0.2) is 6.29 Å². The molecule has 2 nitrogen and oxygen atoms in total. The van der Waals surface area contributed by atoms with Crippen LogP contribution in [0, 0.1) is 0 Å². The molecule has 1 aromatic carbocycles. The van der Waals surface area contributed by atoms with E-state index in [9.17, 15) is 4.79 Å². The van der Waals surface area contributed by atoms with E-state index in [0.717, 1.165) is 17.2 Å². The molecule has 0 heterocycles. The van der Waals surface area contributed by atoms with Gasteiger partial charge in [-0.2, -0.15) is 0 Å². The fourth-order valence-corrected chi connectivity index (χ4v) is 1.47. The molecule has 13 heavy (non-hydrogen) atoms. The lowest BCUT2D eigenvalue weighted by Crippen LogP contribution is -1.99. The summed E-state index contributed by atoms with van der Waals surface area (Å²) in [5.41, 5.74) is 0.586. The number of carbonyl (C=O) groups excluding carboxylic acids is 1. The average Bonchev–Trinajstić information content (AvgIpc) is 2.15. The predicted molar refractivity (Wildman–Crippen MR) is 55.3 cm³/mol. The highest BCUT2D eigenvalue weighted by Crippen LogP contribution is 2.27. The lowest BCUT2D eigenvalue weighted by atomic mass is 10.2. The van der Waals surface area contributed by atoms with Gasteiger partial charge in [0, 0.05) is 0 Å². The number of aldehydes is 1. The highest BCUT2D eigenvalue weighted by atomic mass is 79.9. The summed E-state index contributed by atoms with van der Waals surface area (Å²) in [6.07, 6.45) is 1.73. The first-order valence-electron chi connectivity index (χ1n) is 4.16. The summed E-state index contributed by atoms with van der Waals surface area (Å²) in [7, 11) is 0. The molecular weight excluding hydrogens is 232 g/mol. The Hall–Kier alpha value is -0.830. The minimum absolute atomic E-state index is 0.586. The molecule has 0 fully saturated rings. The monoisotopic (exact) mass is 242 g/mol. The summed E-state index contributed by atoms with van der Waals surface area (Å²) in [5.74, 6) is 0.638. The lowest BCUT2D eigenvalue weighted by Gasteiger charge is -2.08. The van der Waals surface area contributed by atoms with Gasteiger partial charge in [-0.1, -0.05) is 13.0 Å². The predicted octanol–water partition coefficient (Wildman–Crippen LogP) is 3.05. The molecule has 0 aliphatic heterocycles. The molecule has 0 spiro atoms. The van der Waals surface area contributed by atoms with Crippen LogP contribution in [0.2, 0.25) is 0 Å². The van der Waals surface area contributed by atoms with Crippen LogP contribution in [0.15, 0.2) is 22.7 Å². The zero-order valence-electron chi connectivity index (χ0n) is 7.42. The third-order valence-electron chi connectivity index (χ3n) is 1.57. The molecule has 1 aromatic rings. The van der Waals surface area contributed by atoms with Crippen molar-refractivity contribution < 1.29 is 9.53 Å². The van der Waals surface area contributed by atoms with Gasteiger partial charge in [-0.3, -0.25) is 4.79 Å². The summed E-state index contributed by atoms with van der Waals surface area (Å²) in [5, 5.41) is 0. The van der Waals surface area contributed by atoms with Crippen molar-refractivity contribution in [2.75, 3.05) is 6.61 Å². The van der Waals surface area contributed by atoms with Crippen LogP contribution in [-0.4, -0.2) is 12.9 Å². The van der Waals surface area contributed by atoms with Crippen LogP contribution in [0.3, 0.4) is 0 Å². The Kier molecular flexibility index (Phi) is 3.96. The van der Waals surface area contributed by atoms with Gasteiger partial charge in [0.25, 0.3) is 0 Å². The molecule has 0 aliphatic carbocycles. The van der Waals surface area contributed by atoms with Crippen molar-refractivity contribution in [3.63, 3.8) is 0 Å². The van der Waals surface area contributed by atoms with E-state index in [1.165, 1.54) is 0 Å². The van der Waals surface area contributed by atoms with Crippen LogP contribution >= 0.6 is 15.9 Å². The second-order valence-corrected chi connectivity index (χ2v) is 3.48. The highest BCUT2D eigenvalue weighted by Gasteiger charge is 2.05. The molecule has 70 valence electrons. The molecule has 0 N–H and O–H groups in total. The van der Waals surface area contributed by atoms with Crippen LogP contribution in [0.4, 0.5) is 0 Å². The third-order valence-corrected chi connectivity index (χ3v) is 2.20. The van der Waals surface area contributed by atoms with E-state index in [2.05, 4.69) is 15.9 Å². The minimum atomic E-state index is 0.586. The maximum absolute atomic E-state index is 10.6. The van der Waals surface area contributed by atoms with E-state index in [-0.39, 0.29) is 0 Å². The Bertz CT molecular complexity index is 297. The summed E-state index contributed by atoms with van der Waals surface area (Å²) < 4.78 is 6.25. The highest BCUT2D eigenvalue weighted by molar-refractivity contribution is 9.10. The Morgan fingerprint density at radius 1 is 1.54 bits per heavy atom. The molecule has 0 radical (unpaired) electrons. The Morgan fingerprint density at radius 2 is 2.31 bits per heavy atom. The fraction of sp³-hybridized carbons (Fsp3) is 0.300. The second-order valence-electron chi connectivity index (χ2n) is 2.62. The molecule has 1 rings (SSSR count). The maximum atomic E-state index is 10.6. The second kappa shape index (κ2) is 5.02. The molecule has 0 saturated carbocycles. The van der Waals surface area contributed by atoms with E-state index in [0.29, 0.717) is 17.9 Å². The van der Waals surface area contributed by atoms with Crippen LogP contribution in [-0.2, 0) is 0 Å². The Labute approximate surface area is 86.0 Å². The van der Waals surface area contributed by atoms with E-state index < -0.39 is 0 Å². The van der Waals surface area contributed by atoms with Crippen molar-refractivity contribution in [2.24, 2.45) is 0 Å². The van der Waals surface area contributed by atoms with Crippen molar-refractivity contribution in [1.29, 1.82) is 0 Å². The number of hydrogen-bond acceptors (Lipinski definition) is 2. The van der Waals surface area contributed by atoms with Crippen LogP contribution in [0.1, 0.15) is 23.7 Å². The van der Waals surface area contributed by atoms with E-state index in [1.807, 2.05) is 19.1 Å². The van der Waals surface area contributed by atoms with Crippen molar-refractivity contribution >= 4 is 22.2 Å². The number of halogens is 1. The van der Waals surface area contributed by atoms with Gasteiger partial charge >= 0.3 is 0 Å². The van der Waals surface area contributed by atoms with Crippen molar-refractivity contribution in [3.05, 3.63) is 28.2 Å². The first-order valence-corrected chi connectivity index (χ1v) is 4.95. The molecule has 0 unspecified atom stereocenters. The fourth-order valence-electron chi connectivity index (χ4n) is 0.975. The number of hydrogen-bond donors (Lipinski definition) is 0. The Balaban J connectivity index is 2.93. The number of para-hydroxylation sites is 1. The number of ether oxygens (including phenoxy) is 1. The third kappa shape index (κ3) is 2.56. The number of rotatable bonds is 4. The van der Waals surface area contributed by atoms with E-state index in [1.54, 1.807) is 6.07 Å². The summed E-state index contributed by atoms with van der Waals surface area (Å²) in [6, 6.07) is 5.41. The van der Waals surface area contributed by atoms with Crippen molar-refractivity contribution in [2.45, 2.75) is 13.3 Å². The van der Waals surface area contributed by atoms with Crippen molar-refractivity contribution in [3.8, 4) is 5.75 Å². The van der Waals surface area contributed by atoms with E-state index in [4.69, 9.17) is 4.74 Å². The van der Waals surface area contributed by atoms with Crippen molar-refractivity contribution in [1.82, 2.24) is 0 Å². The van der Waals surface area contributed by atoms with Crippen LogP contribution in [0.25, 0.3) is 0 Å². The molecule has 0 aromatic heterocycles. The first kappa shape index (κ1) is 10.3. The van der Waals surface area contributed by atoms with Crippen LogP contribution in [0.5, 0.6) is 5.75 Å². The largest absolute Gasteiger partial charge is 0.492 e. The van der Waals surface area contributed by atoms with Gasteiger partial charge in [-0.25, -0.2) is 0 Å². The quantitative estimate of drug-likeness (QED) is 0.759. The topological polar surface area (TPSA) is 26.3 Å². The molecule has 0 saturated heterocycles. The van der Waals surface area contributed by atoms with Gasteiger partial charge in [0.2, 0.25) is 0 Å². The van der Waals surface area contributed by atoms with Crippen LogP contribution < -0.4 is 4.74 Å². The van der Waals surface area contributed by atoms with Gasteiger partial charge < -0.3 is 4.74 Å². The molecule has 0 aliphatic rings. The average molecular weight is 243 g/mol. The molecule has 0 amide bonds. The van der Waals surface area contributed by atoms with Gasteiger partial charge in [-0.05, 0) is 34.5 Å². The molecular formula is C10H11BrO2. The lowest BCUT2D eigenvalue weighted by molar-refractivity contribution is 0.111. The molecule has 0 bridgehead atoms. The maximum Gasteiger partial charge on any atom is 0.153 e. The SMILES string of the molecule is CCCOc1c(Br)cccc1C=O. The summed E-state index contributed by atoms with van der Waals surface area (Å²) >= 11 is 3.33. The van der Waals surface area contributed by atoms with Gasteiger partial charge in [0.05, 0.1) is 16.6 Å². The zero-order chi connectivity index (χ0) is 9.68. The first-order chi connectivity index (χ1) is 6.29. The zero-order valence-corrected chi connectivity index (χ0v) is 9.00. The minimum Gasteiger partial charge on any atom is -0.492 e. The van der Waals surface area contributed by atoms with E-state index >= 15 is 0 Å². The van der Waals surface area contributed by atoms with Gasteiger partial charge in [-0.15, -0.1) is 0 Å². The number of carbonyl (C=O) groups is 1. The molecule has 3 heteroatoms. The standard InChI is InChI=1S/C10H11BrO2/c1-2-6-13-10-8(7-12)4-3-5-9(10)11/h3-5,7H,2,6H2,1H3.